The third-order valence-electron chi connectivity index (χ3n) is 8.20. The van der Waals surface area contributed by atoms with Gasteiger partial charge in [-0.25, -0.2) is 15.0 Å². The second-order valence-electron chi connectivity index (χ2n) is 11.2. The highest BCUT2D eigenvalue weighted by Crippen LogP contribution is 2.34. The zero-order valence-corrected chi connectivity index (χ0v) is 23.9. The highest BCUT2D eigenvalue weighted by Gasteiger charge is 2.46. The number of nitrogens with zero attached hydrogens (tertiary/aromatic N) is 5. The van der Waals surface area contributed by atoms with Crippen LogP contribution < -0.4 is 16.0 Å². The third kappa shape index (κ3) is 5.50. The van der Waals surface area contributed by atoms with Gasteiger partial charge in [-0.05, 0) is 41.3 Å². The molecule has 14 heteroatoms. The van der Waals surface area contributed by atoms with Crippen LogP contribution in [-0.4, -0.2) is 71.5 Å². The number of ether oxygens (including phenoxy) is 1. The molecule has 0 spiro atoms. The number of hydrogen-bond acceptors (Lipinski definition) is 11. The number of aromatic nitrogens is 4. The van der Waals surface area contributed by atoms with Crippen molar-refractivity contribution in [2.75, 3.05) is 17.2 Å². The first-order valence-electron chi connectivity index (χ1n) is 14.6. The molecule has 14 nitrogen and oxygen atoms in total. The number of aliphatic hydroxyl groups excluding tert-OH is 2. The van der Waals surface area contributed by atoms with Crippen molar-refractivity contribution in [3.05, 3.63) is 94.6 Å². The molecular formula is C31H30N8O6. The van der Waals surface area contributed by atoms with E-state index in [1.807, 2.05) is 24.3 Å². The van der Waals surface area contributed by atoms with Gasteiger partial charge in [0.2, 0.25) is 0 Å². The highest BCUT2D eigenvalue weighted by atomic mass is 16.6. The summed E-state index contributed by atoms with van der Waals surface area (Å²) < 4.78 is 7.55. The Labute approximate surface area is 256 Å². The highest BCUT2D eigenvalue weighted by molar-refractivity contribution is 5.96. The molecule has 7 rings (SSSR count). The van der Waals surface area contributed by atoms with E-state index in [4.69, 9.17) is 4.74 Å². The van der Waals surface area contributed by atoms with Crippen LogP contribution in [0.4, 0.5) is 17.2 Å². The minimum Gasteiger partial charge on any atom is -0.394 e. The standard InChI is InChI=1S/C31H30N8O6/c40-14-24-27(41)25(37-30(42)18-8-11-22(36-20-9-10-20)23(12-18)39(43)44)31(45-24)38-16-35-26-28(33-15-34-29(26)38)32-13-19-6-3-5-17-4-1-2-7-21(17)19/h1-8,11-12,15-16,20,24-25,27,31,36,40-41H,9-10,13-14H2,(H,37,42)(H,32,33,34)/t24-,25-,27-,31-/m1/s1. The molecule has 1 aliphatic carbocycles. The number of nitrogens with one attached hydrogen (secondary N) is 3. The Bertz CT molecular complexity index is 1900. The topological polar surface area (TPSA) is 190 Å². The number of fused-ring (bicyclic) bond motifs is 2. The van der Waals surface area contributed by atoms with Crippen molar-refractivity contribution in [2.24, 2.45) is 0 Å². The van der Waals surface area contributed by atoms with Crippen LogP contribution in [0, 0.1) is 10.1 Å². The summed E-state index contributed by atoms with van der Waals surface area (Å²) >= 11 is 0. The number of carbonyl (C=O) groups excluding carboxylic acids is 1. The summed E-state index contributed by atoms with van der Waals surface area (Å²) in [6.45, 7) is -0.0260. The lowest BCUT2D eigenvalue weighted by atomic mass is 10.0. The molecule has 0 bridgehead atoms. The Balaban J connectivity index is 1.15. The van der Waals surface area contributed by atoms with Crippen LogP contribution in [0.15, 0.2) is 73.3 Å². The SMILES string of the molecule is O=C(N[C@@H]1[C@H](O)[C@@H](CO)O[C@H]1n1cnc2c(NCc3cccc4ccccc34)ncnc21)c1ccc(NC2CC2)c([N+](=O)[O-])c1. The van der Waals surface area contributed by atoms with Crippen molar-refractivity contribution in [3.63, 3.8) is 0 Å². The monoisotopic (exact) mass is 610 g/mol. The zero-order valence-electron chi connectivity index (χ0n) is 23.9. The van der Waals surface area contributed by atoms with Crippen molar-refractivity contribution in [1.29, 1.82) is 0 Å². The van der Waals surface area contributed by atoms with Gasteiger partial charge in [-0.1, -0.05) is 42.5 Å². The van der Waals surface area contributed by atoms with Crippen LogP contribution in [0.5, 0.6) is 0 Å². The van der Waals surface area contributed by atoms with Gasteiger partial charge < -0.3 is 30.9 Å². The summed E-state index contributed by atoms with van der Waals surface area (Å²) in [4.78, 5) is 37.9. The zero-order chi connectivity index (χ0) is 31.1. The fourth-order valence-corrected chi connectivity index (χ4v) is 5.71. The van der Waals surface area contributed by atoms with Gasteiger partial charge in [0.15, 0.2) is 23.2 Å². The average molecular weight is 611 g/mol. The van der Waals surface area contributed by atoms with Crippen molar-refractivity contribution >= 4 is 45.0 Å². The molecule has 0 unspecified atom stereocenters. The lowest BCUT2D eigenvalue weighted by Gasteiger charge is -2.23. The Morgan fingerprint density at radius 1 is 1.09 bits per heavy atom. The molecule has 2 aliphatic rings. The molecule has 1 aliphatic heterocycles. The van der Waals surface area contributed by atoms with E-state index >= 15 is 0 Å². The van der Waals surface area contributed by atoms with Gasteiger partial charge in [0, 0.05) is 24.2 Å². The van der Waals surface area contributed by atoms with Gasteiger partial charge in [-0.2, -0.15) is 0 Å². The second-order valence-corrected chi connectivity index (χ2v) is 11.2. The molecule has 2 aromatic heterocycles. The smallest absolute Gasteiger partial charge is 0.293 e. The van der Waals surface area contributed by atoms with E-state index < -0.39 is 41.9 Å². The maximum Gasteiger partial charge on any atom is 0.293 e. The molecule has 3 aromatic carbocycles. The van der Waals surface area contributed by atoms with Crippen LogP contribution in [0.2, 0.25) is 0 Å². The Morgan fingerprint density at radius 2 is 1.91 bits per heavy atom. The molecule has 5 N–H and O–H groups in total. The molecule has 3 heterocycles. The Morgan fingerprint density at radius 3 is 2.71 bits per heavy atom. The summed E-state index contributed by atoms with van der Waals surface area (Å²) in [6, 6.07) is 17.5. The number of nitro groups is 1. The molecule has 5 aromatic rings. The maximum atomic E-state index is 13.4. The van der Waals surface area contributed by atoms with E-state index in [9.17, 15) is 25.1 Å². The van der Waals surface area contributed by atoms with E-state index in [-0.39, 0.29) is 17.3 Å². The van der Waals surface area contributed by atoms with Gasteiger partial charge in [-0.15, -0.1) is 0 Å². The van der Waals surface area contributed by atoms with E-state index in [1.54, 1.807) is 4.57 Å². The van der Waals surface area contributed by atoms with Gasteiger partial charge in [0.25, 0.3) is 11.6 Å². The molecule has 0 radical (unpaired) electrons. The maximum absolute atomic E-state index is 13.4. The number of rotatable bonds is 10. The first-order chi connectivity index (χ1) is 21.9. The molecule has 1 saturated heterocycles. The van der Waals surface area contributed by atoms with Crippen LogP contribution in [0.1, 0.15) is 35.0 Å². The van der Waals surface area contributed by atoms with Crippen LogP contribution >= 0.6 is 0 Å². The Kier molecular flexibility index (Phi) is 7.45. The van der Waals surface area contributed by atoms with Crippen molar-refractivity contribution in [1.82, 2.24) is 24.8 Å². The molecule has 1 saturated carbocycles. The van der Waals surface area contributed by atoms with Crippen LogP contribution in [0.3, 0.4) is 0 Å². The number of benzene rings is 3. The largest absolute Gasteiger partial charge is 0.394 e. The predicted molar refractivity (Wildman–Crippen MR) is 165 cm³/mol. The molecule has 1 amide bonds. The molecule has 230 valence electrons. The second kappa shape index (κ2) is 11.7. The number of anilines is 2. The number of carbonyl (C=O) groups is 1. The predicted octanol–water partition coefficient (Wildman–Crippen LogP) is 3.12. The van der Waals surface area contributed by atoms with E-state index in [0.717, 1.165) is 29.2 Å². The van der Waals surface area contributed by atoms with E-state index in [1.165, 1.54) is 30.9 Å². The summed E-state index contributed by atoms with van der Waals surface area (Å²) in [5.41, 5.74) is 2.07. The molecule has 45 heavy (non-hydrogen) atoms. The number of imidazole rings is 1. The first kappa shape index (κ1) is 28.6. The van der Waals surface area contributed by atoms with Crippen LogP contribution in [0.25, 0.3) is 21.9 Å². The van der Waals surface area contributed by atoms with Crippen molar-refractivity contribution < 1.29 is 24.7 Å². The van der Waals surface area contributed by atoms with Gasteiger partial charge in [0.05, 0.1) is 17.9 Å². The average Bonchev–Trinajstić information content (AvgIpc) is 3.69. The molecular weight excluding hydrogens is 580 g/mol. The van der Waals surface area contributed by atoms with E-state index in [2.05, 4.69) is 49.1 Å². The quantitative estimate of drug-likeness (QED) is 0.115. The Hall–Kier alpha value is -5.18. The van der Waals surface area contributed by atoms with Crippen molar-refractivity contribution in [2.45, 2.75) is 49.9 Å². The minimum absolute atomic E-state index is 0.0409. The molecule has 4 atom stereocenters. The van der Waals surface area contributed by atoms with E-state index in [0.29, 0.717) is 29.2 Å². The minimum atomic E-state index is -1.29. The normalized spacial score (nSPS) is 21.2. The third-order valence-corrected chi connectivity index (χ3v) is 8.20. The first-order valence-corrected chi connectivity index (χ1v) is 14.6. The van der Waals surface area contributed by atoms with Crippen molar-refractivity contribution in [3.8, 4) is 0 Å². The fourth-order valence-electron chi connectivity index (χ4n) is 5.71. The summed E-state index contributed by atoms with van der Waals surface area (Å²) in [5.74, 6) is -0.166. The number of hydrogen-bond donors (Lipinski definition) is 5. The lowest BCUT2D eigenvalue weighted by molar-refractivity contribution is -0.384. The molecule has 2 fully saturated rings. The van der Waals surface area contributed by atoms with Gasteiger partial charge in [0.1, 0.15) is 30.3 Å². The summed E-state index contributed by atoms with van der Waals surface area (Å²) in [6.07, 6.45) is 1.41. The lowest BCUT2D eigenvalue weighted by Crippen LogP contribution is -2.46. The number of aliphatic hydroxyl groups is 2. The summed E-state index contributed by atoms with van der Waals surface area (Å²) in [7, 11) is 0. The van der Waals surface area contributed by atoms with Gasteiger partial charge >= 0.3 is 0 Å². The van der Waals surface area contributed by atoms with Gasteiger partial charge in [-0.3, -0.25) is 19.5 Å². The summed E-state index contributed by atoms with van der Waals surface area (Å²) in [5, 5.41) is 44.1. The number of amides is 1. The van der Waals surface area contributed by atoms with Crippen LogP contribution in [-0.2, 0) is 11.3 Å². The fraction of sp³-hybridized carbons (Fsp3) is 0.290. The number of nitro benzene ring substituents is 1.